The van der Waals surface area contributed by atoms with Gasteiger partial charge in [0.05, 0.1) is 25.2 Å². The highest BCUT2D eigenvalue weighted by atomic mass is 16.5. The number of carbonyl (C=O) groups excluding carboxylic acids is 2. The number of amides is 1. The molecule has 0 aromatic carbocycles. The molecular formula is C57H99NO5. The number of hydrogen-bond donors (Lipinski definition) is 3. The number of ether oxygens (including phenoxy) is 1. The van der Waals surface area contributed by atoms with E-state index in [1.807, 2.05) is 12.2 Å². The number of carbonyl (C=O) groups is 2. The molecule has 1 amide bonds. The summed E-state index contributed by atoms with van der Waals surface area (Å²) in [6.45, 7) is 6.31. The fourth-order valence-electron chi connectivity index (χ4n) is 7.48. The number of allylic oxidation sites excluding steroid dienone is 13. The predicted molar refractivity (Wildman–Crippen MR) is 273 cm³/mol. The van der Waals surface area contributed by atoms with Crippen molar-refractivity contribution in [2.45, 2.75) is 257 Å². The zero-order valence-corrected chi connectivity index (χ0v) is 41.2. The van der Waals surface area contributed by atoms with Gasteiger partial charge in [-0.15, -0.1) is 0 Å². The fraction of sp³-hybridized carbons (Fsp3) is 0.719. The molecule has 3 N–H and O–H groups in total. The van der Waals surface area contributed by atoms with E-state index in [4.69, 9.17) is 4.74 Å². The molecule has 0 fully saturated rings. The molecule has 0 spiro atoms. The Labute approximate surface area is 389 Å². The monoisotopic (exact) mass is 878 g/mol. The van der Waals surface area contributed by atoms with E-state index >= 15 is 0 Å². The van der Waals surface area contributed by atoms with Gasteiger partial charge in [-0.25, -0.2) is 0 Å². The average molecular weight is 878 g/mol. The molecule has 0 aromatic heterocycles. The lowest BCUT2D eigenvalue weighted by Crippen LogP contribution is -2.46. The number of hydrogen-bond acceptors (Lipinski definition) is 5. The van der Waals surface area contributed by atoms with Crippen molar-refractivity contribution in [3.05, 3.63) is 85.1 Å². The van der Waals surface area contributed by atoms with Crippen LogP contribution >= 0.6 is 0 Å². The van der Waals surface area contributed by atoms with Crippen molar-refractivity contribution in [3.8, 4) is 0 Å². The van der Waals surface area contributed by atoms with Gasteiger partial charge in [-0.2, -0.15) is 0 Å². The van der Waals surface area contributed by atoms with E-state index < -0.39 is 18.2 Å². The number of esters is 1. The Morgan fingerprint density at radius 3 is 1.38 bits per heavy atom. The van der Waals surface area contributed by atoms with Gasteiger partial charge in [-0.3, -0.25) is 9.59 Å². The first-order valence-electron chi connectivity index (χ1n) is 26.3. The summed E-state index contributed by atoms with van der Waals surface area (Å²) in [7, 11) is 0. The maximum Gasteiger partial charge on any atom is 0.306 e. The molecule has 6 nitrogen and oxygen atoms in total. The summed E-state index contributed by atoms with van der Waals surface area (Å²) in [5.74, 6) is -0.605. The Bertz CT molecular complexity index is 1210. The van der Waals surface area contributed by atoms with Crippen molar-refractivity contribution in [2.24, 2.45) is 0 Å². The van der Waals surface area contributed by atoms with Crippen LogP contribution in [0, 0.1) is 0 Å². The summed E-state index contributed by atoms with van der Waals surface area (Å²) >= 11 is 0. The molecule has 0 aromatic rings. The van der Waals surface area contributed by atoms with Crippen molar-refractivity contribution in [1.82, 2.24) is 5.32 Å². The highest BCUT2D eigenvalue weighted by Crippen LogP contribution is 2.16. The molecule has 63 heavy (non-hydrogen) atoms. The second kappa shape index (κ2) is 50.0. The molecule has 6 heteroatoms. The lowest BCUT2D eigenvalue weighted by atomic mass is 10.0. The van der Waals surface area contributed by atoms with Gasteiger partial charge in [0.25, 0.3) is 0 Å². The first-order chi connectivity index (χ1) is 31.0. The van der Waals surface area contributed by atoms with Gasteiger partial charge in [-0.1, -0.05) is 228 Å². The molecule has 3 atom stereocenters. The third kappa shape index (κ3) is 45.4. The summed E-state index contributed by atoms with van der Waals surface area (Å²) in [6, 6.07) is -0.740. The van der Waals surface area contributed by atoms with Crippen LogP contribution in [0.25, 0.3) is 0 Å². The Kier molecular flexibility index (Phi) is 47.7. The SMILES string of the molecule is CC/C=C/C/C=C/C/C=C/CCCCCCC(=O)OC(C/C=C\C/C=C\C/C=C\C/C=C\CCCCC)CC(=O)NC(CO)C(O)CCCCCCCCCCCCCCCCC. The van der Waals surface area contributed by atoms with Crippen molar-refractivity contribution in [1.29, 1.82) is 0 Å². The summed E-state index contributed by atoms with van der Waals surface area (Å²) in [6.07, 6.45) is 65.1. The Hall–Kier alpha value is -2.96. The number of aliphatic hydroxyl groups is 2. The molecule has 0 saturated heterocycles. The quantitative estimate of drug-likeness (QED) is 0.0322. The van der Waals surface area contributed by atoms with Gasteiger partial charge in [0, 0.05) is 12.8 Å². The van der Waals surface area contributed by atoms with Crippen molar-refractivity contribution < 1.29 is 24.5 Å². The third-order valence-electron chi connectivity index (χ3n) is 11.5. The summed E-state index contributed by atoms with van der Waals surface area (Å²) in [5, 5.41) is 23.8. The topological polar surface area (TPSA) is 95.9 Å². The summed E-state index contributed by atoms with van der Waals surface area (Å²) < 4.78 is 5.86. The number of unbranched alkanes of at least 4 members (excludes halogenated alkanes) is 21. The first-order valence-corrected chi connectivity index (χ1v) is 26.3. The molecule has 0 aliphatic carbocycles. The number of aliphatic hydroxyl groups excluding tert-OH is 2. The number of rotatable bonds is 46. The smallest absolute Gasteiger partial charge is 0.306 e. The summed E-state index contributed by atoms with van der Waals surface area (Å²) in [4.78, 5) is 26.1. The van der Waals surface area contributed by atoms with Crippen LogP contribution in [0.1, 0.15) is 239 Å². The average Bonchev–Trinajstić information content (AvgIpc) is 3.28. The van der Waals surface area contributed by atoms with Crippen LogP contribution in [0.15, 0.2) is 85.1 Å². The Balaban J connectivity index is 4.73. The largest absolute Gasteiger partial charge is 0.461 e. The molecule has 0 aliphatic rings. The summed E-state index contributed by atoms with van der Waals surface area (Å²) in [5.41, 5.74) is 0. The van der Waals surface area contributed by atoms with Crippen LogP contribution in [0.2, 0.25) is 0 Å². The molecule has 0 rings (SSSR count). The molecule has 0 saturated carbocycles. The molecule has 362 valence electrons. The van der Waals surface area contributed by atoms with E-state index in [0.717, 1.165) is 89.9 Å². The van der Waals surface area contributed by atoms with Gasteiger partial charge >= 0.3 is 5.97 Å². The zero-order valence-electron chi connectivity index (χ0n) is 41.2. The molecular weight excluding hydrogens is 779 g/mol. The van der Waals surface area contributed by atoms with Crippen LogP contribution in [-0.2, 0) is 14.3 Å². The van der Waals surface area contributed by atoms with Crippen molar-refractivity contribution in [2.75, 3.05) is 6.61 Å². The second-order valence-electron chi connectivity index (χ2n) is 17.5. The molecule has 0 bridgehead atoms. The van der Waals surface area contributed by atoms with Crippen LogP contribution in [0.3, 0.4) is 0 Å². The van der Waals surface area contributed by atoms with Crippen LogP contribution in [0.4, 0.5) is 0 Å². The van der Waals surface area contributed by atoms with Crippen molar-refractivity contribution >= 4 is 11.9 Å². The second-order valence-corrected chi connectivity index (χ2v) is 17.5. The number of nitrogens with one attached hydrogen (secondary N) is 1. The van der Waals surface area contributed by atoms with Gasteiger partial charge in [0.1, 0.15) is 6.10 Å². The molecule has 3 unspecified atom stereocenters. The highest BCUT2D eigenvalue weighted by molar-refractivity contribution is 5.77. The molecule has 0 heterocycles. The van der Waals surface area contributed by atoms with Gasteiger partial charge in [-0.05, 0) is 77.0 Å². The Morgan fingerprint density at radius 1 is 0.492 bits per heavy atom. The molecule has 0 radical (unpaired) electrons. The Morgan fingerprint density at radius 2 is 0.889 bits per heavy atom. The minimum Gasteiger partial charge on any atom is -0.461 e. The zero-order chi connectivity index (χ0) is 45.9. The van der Waals surface area contributed by atoms with E-state index in [9.17, 15) is 19.8 Å². The van der Waals surface area contributed by atoms with Crippen molar-refractivity contribution in [3.63, 3.8) is 0 Å². The first kappa shape index (κ1) is 60.0. The van der Waals surface area contributed by atoms with Gasteiger partial charge in [0.15, 0.2) is 0 Å². The van der Waals surface area contributed by atoms with E-state index in [1.165, 1.54) is 103 Å². The predicted octanol–water partition coefficient (Wildman–Crippen LogP) is 16.0. The van der Waals surface area contributed by atoms with E-state index in [-0.39, 0.29) is 24.9 Å². The van der Waals surface area contributed by atoms with E-state index in [1.54, 1.807) is 0 Å². The molecule has 0 aliphatic heterocycles. The van der Waals surface area contributed by atoms with Crippen LogP contribution in [-0.4, -0.2) is 46.9 Å². The van der Waals surface area contributed by atoms with Gasteiger partial charge in [0.2, 0.25) is 5.91 Å². The third-order valence-corrected chi connectivity index (χ3v) is 11.5. The lowest BCUT2D eigenvalue weighted by molar-refractivity contribution is -0.150. The fourth-order valence-corrected chi connectivity index (χ4v) is 7.48. The van der Waals surface area contributed by atoms with Crippen LogP contribution in [0.5, 0.6) is 0 Å². The standard InChI is InChI=1S/C57H99NO5/c1-4-7-10-13-16-19-22-25-28-30-33-36-39-42-45-48-53(63-57(62)50-47-44-41-38-35-32-27-24-21-18-15-12-9-6-3)51-56(61)58-54(52-59)55(60)49-46-43-40-37-34-31-29-26-23-20-17-14-11-8-5-2/h9,12,16,18-19,21,25,27-28,32-33,36,42,45,53-55,59-60H,4-8,10-11,13-15,17,20,22-24,26,29-31,34-35,37-41,43-44,46-52H2,1-3H3,(H,58,61)/b12-9+,19-16-,21-18+,28-25-,32-27+,36-33-,45-42-. The lowest BCUT2D eigenvalue weighted by Gasteiger charge is -2.24. The maximum atomic E-state index is 13.2. The van der Waals surface area contributed by atoms with Crippen LogP contribution < -0.4 is 5.32 Å². The highest BCUT2D eigenvalue weighted by Gasteiger charge is 2.23. The van der Waals surface area contributed by atoms with E-state index in [2.05, 4.69) is 99.0 Å². The van der Waals surface area contributed by atoms with Gasteiger partial charge < -0.3 is 20.3 Å². The normalized spacial score (nSPS) is 13.9. The minimum absolute atomic E-state index is 0.0110. The van der Waals surface area contributed by atoms with E-state index in [0.29, 0.717) is 19.3 Å². The maximum absolute atomic E-state index is 13.2. The minimum atomic E-state index is -0.819.